The van der Waals surface area contributed by atoms with Gasteiger partial charge in [0.1, 0.15) is 5.88 Å². The second-order valence-corrected chi connectivity index (χ2v) is 8.34. The summed E-state index contributed by atoms with van der Waals surface area (Å²) in [5.41, 5.74) is 0. The Bertz CT molecular complexity index is 675. The lowest BCUT2D eigenvalue weighted by molar-refractivity contribution is -0.759. The second kappa shape index (κ2) is 7.06. The van der Waals surface area contributed by atoms with Crippen molar-refractivity contribution >= 4 is 21.8 Å². The lowest BCUT2D eigenvalue weighted by atomic mass is 9.89. The quantitative estimate of drug-likeness (QED) is 0.718. The molecule has 9 nitrogen and oxygen atoms in total. The summed E-state index contributed by atoms with van der Waals surface area (Å²) in [6.07, 6.45) is 7.90. The first-order valence-corrected chi connectivity index (χ1v) is 10.1. The van der Waals surface area contributed by atoms with Gasteiger partial charge in [-0.05, 0) is 12.8 Å². The summed E-state index contributed by atoms with van der Waals surface area (Å²) in [5, 5.41) is 9.77. The van der Waals surface area contributed by atoms with E-state index in [9.17, 15) is 13.2 Å². The molecule has 1 amide bonds. The predicted molar refractivity (Wildman–Crippen MR) is 85.7 cm³/mol. The zero-order valence-corrected chi connectivity index (χ0v) is 14.6. The highest BCUT2D eigenvalue weighted by atomic mass is 32.2. The average molecular weight is 357 g/mol. The van der Waals surface area contributed by atoms with Crippen LogP contribution >= 0.6 is 0 Å². The lowest BCUT2D eigenvalue weighted by Crippen LogP contribution is -2.65. The summed E-state index contributed by atoms with van der Waals surface area (Å²) < 4.78 is 29.6. The maximum atomic E-state index is 12.2. The number of amides is 1. The Labute approximate surface area is 141 Å². The molecule has 1 saturated carbocycles. The van der Waals surface area contributed by atoms with Gasteiger partial charge in [-0.15, -0.1) is 0 Å². The number of carbonyl (C=O) groups is 1. The molecule has 0 atom stereocenters. The summed E-state index contributed by atoms with van der Waals surface area (Å²) in [6.45, 7) is 1.79. The van der Waals surface area contributed by atoms with Crippen LogP contribution in [0, 0.1) is 5.92 Å². The number of hydrogen-bond acceptors (Lipinski definition) is 6. The van der Waals surface area contributed by atoms with Crippen molar-refractivity contribution in [3.8, 4) is 0 Å². The molecule has 2 heterocycles. The maximum absolute atomic E-state index is 12.2. The van der Waals surface area contributed by atoms with Crippen LogP contribution in [0.5, 0.6) is 0 Å². The van der Waals surface area contributed by atoms with Gasteiger partial charge < -0.3 is 14.6 Å². The van der Waals surface area contributed by atoms with E-state index >= 15 is 0 Å². The van der Waals surface area contributed by atoms with Crippen molar-refractivity contribution in [2.75, 3.05) is 37.4 Å². The molecule has 134 valence electrons. The summed E-state index contributed by atoms with van der Waals surface area (Å²) in [6, 6.07) is 0. The fraction of sp³-hybridized carbons (Fsp3) is 0.786. The Morgan fingerprint density at radius 3 is 2.54 bits per heavy atom. The SMILES string of the molecule is CS(=O)(=O)N1CCN([n+]2cc([N-]C(=O)C3CCCCC3)on2)CC1. The molecule has 1 aromatic rings. The molecule has 0 radical (unpaired) electrons. The normalized spacial score (nSPS) is 21.0. The number of rotatable bonds is 4. The second-order valence-electron chi connectivity index (χ2n) is 6.36. The summed E-state index contributed by atoms with van der Waals surface area (Å²) in [5.74, 6) is 0.0478. The van der Waals surface area contributed by atoms with E-state index in [-0.39, 0.29) is 17.7 Å². The molecule has 3 rings (SSSR count). The van der Waals surface area contributed by atoms with Crippen molar-refractivity contribution in [3.05, 3.63) is 11.5 Å². The third-order valence-electron chi connectivity index (χ3n) is 4.59. The molecule has 1 aliphatic carbocycles. The van der Waals surface area contributed by atoms with Crippen LogP contribution in [0.15, 0.2) is 10.7 Å². The van der Waals surface area contributed by atoms with Crippen molar-refractivity contribution in [2.24, 2.45) is 5.92 Å². The molecule has 1 aliphatic heterocycles. The molecule has 24 heavy (non-hydrogen) atoms. The minimum Gasteiger partial charge on any atom is -0.588 e. The van der Waals surface area contributed by atoms with E-state index in [0.29, 0.717) is 26.2 Å². The zero-order chi connectivity index (χ0) is 17.2. The van der Waals surface area contributed by atoms with Crippen molar-refractivity contribution in [2.45, 2.75) is 32.1 Å². The van der Waals surface area contributed by atoms with Gasteiger partial charge in [0.2, 0.25) is 15.3 Å². The minimum absolute atomic E-state index is 0.00407. The first-order chi connectivity index (χ1) is 11.4. The highest BCUT2D eigenvalue weighted by Crippen LogP contribution is 2.28. The smallest absolute Gasteiger partial charge is 0.257 e. The van der Waals surface area contributed by atoms with E-state index in [1.165, 1.54) is 21.8 Å². The van der Waals surface area contributed by atoms with E-state index in [1.807, 2.05) is 5.01 Å². The number of hydrogen-bond donors (Lipinski definition) is 0. The van der Waals surface area contributed by atoms with E-state index in [1.54, 1.807) is 6.20 Å². The fourth-order valence-corrected chi connectivity index (χ4v) is 4.00. The summed E-state index contributed by atoms with van der Waals surface area (Å²) >= 11 is 0. The van der Waals surface area contributed by atoms with Gasteiger partial charge >= 0.3 is 0 Å². The largest absolute Gasteiger partial charge is 0.588 e. The van der Waals surface area contributed by atoms with Crippen molar-refractivity contribution in [1.29, 1.82) is 0 Å². The van der Waals surface area contributed by atoms with E-state index in [2.05, 4.69) is 10.6 Å². The molecule has 0 N–H and O–H groups in total. The first kappa shape index (κ1) is 17.2. The van der Waals surface area contributed by atoms with Gasteiger partial charge in [0.15, 0.2) is 0 Å². The van der Waals surface area contributed by atoms with Gasteiger partial charge in [0.05, 0.1) is 30.0 Å². The molecule has 0 spiro atoms. The van der Waals surface area contributed by atoms with Crippen molar-refractivity contribution in [3.63, 3.8) is 0 Å². The number of nitrogens with zero attached hydrogens (tertiary/aromatic N) is 5. The molecule has 1 saturated heterocycles. The number of aromatic nitrogens is 2. The van der Waals surface area contributed by atoms with Crippen LogP contribution in [0.4, 0.5) is 5.88 Å². The maximum Gasteiger partial charge on any atom is 0.257 e. The molecular formula is C14H23N5O4S. The fourth-order valence-electron chi connectivity index (χ4n) is 3.18. The van der Waals surface area contributed by atoms with Gasteiger partial charge in [0.25, 0.3) is 6.20 Å². The summed E-state index contributed by atoms with van der Waals surface area (Å²) in [7, 11) is -3.16. The van der Waals surface area contributed by atoms with E-state index < -0.39 is 10.0 Å². The van der Waals surface area contributed by atoms with Gasteiger partial charge in [-0.1, -0.05) is 19.3 Å². The van der Waals surface area contributed by atoms with Gasteiger partial charge in [0, 0.05) is 19.0 Å². The van der Waals surface area contributed by atoms with Crippen LogP contribution in [0.3, 0.4) is 0 Å². The molecule has 2 aliphatic rings. The number of piperazine rings is 1. The molecule has 0 bridgehead atoms. The van der Waals surface area contributed by atoms with Gasteiger partial charge in [-0.2, -0.15) is 9.31 Å². The topological polar surface area (TPSA) is 102 Å². The molecule has 0 aromatic carbocycles. The first-order valence-electron chi connectivity index (χ1n) is 8.28. The Morgan fingerprint density at radius 2 is 1.92 bits per heavy atom. The highest BCUT2D eigenvalue weighted by molar-refractivity contribution is 7.88. The molecule has 1 aromatic heterocycles. The van der Waals surface area contributed by atoms with Crippen molar-refractivity contribution in [1.82, 2.24) is 9.58 Å². The van der Waals surface area contributed by atoms with Crippen LogP contribution < -0.4 is 9.80 Å². The third-order valence-corrected chi connectivity index (χ3v) is 5.90. The monoisotopic (exact) mass is 357 g/mol. The predicted octanol–water partition coefficient (Wildman–Crippen LogP) is 0.287. The Kier molecular flexibility index (Phi) is 5.04. The third kappa shape index (κ3) is 4.04. The Hall–Kier alpha value is -1.68. The number of sulfonamides is 1. The average Bonchev–Trinajstić information content (AvgIpc) is 3.03. The minimum atomic E-state index is -3.16. The Morgan fingerprint density at radius 1 is 1.25 bits per heavy atom. The van der Waals surface area contributed by atoms with Gasteiger partial charge in [-0.3, -0.25) is 0 Å². The molecule has 0 unspecified atom stereocenters. The van der Waals surface area contributed by atoms with Crippen LogP contribution in [0.1, 0.15) is 32.1 Å². The molecule has 2 fully saturated rings. The van der Waals surface area contributed by atoms with Crippen LogP contribution in [-0.4, -0.2) is 56.3 Å². The van der Waals surface area contributed by atoms with E-state index in [4.69, 9.17) is 4.52 Å². The van der Waals surface area contributed by atoms with Crippen molar-refractivity contribution < 1.29 is 22.5 Å². The van der Waals surface area contributed by atoms with Crippen LogP contribution in [0.25, 0.3) is 5.32 Å². The molecular weight excluding hydrogens is 334 g/mol. The Balaban J connectivity index is 1.55. The van der Waals surface area contributed by atoms with Gasteiger partial charge in [-0.25, -0.2) is 8.42 Å². The lowest BCUT2D eigenvalue weighted by Gasteiger charge is -2.28. The molecule has 10 heteroatoms. The highest BCUT2D eigenvalue weighted by Gasteiger charge is 2.29. The number of carbonyl (C=O) groups excluding carboxylic acids is 1. The van der Waals surface area contributed by atoms with Crippen LogP contribution in [0.2, 0.25) is 0 Å². The standard InChI is InChI=1S/C14H23N5O4S/c1-24(21,22)18-9-7-17(8-10-18)19-11-13(23-16-19)15-14(20)12-5-3-2-4-6-12/h11-12H,2-10H2,1H3. The van der Waals surface area contributed by atoms with E-state index in [0.717, 1.165) is 25.7 Å². The zero-order valence-electron chi connectivity index (χ0n) is 13.8. The summed E-state index contributed by atoms with van der Waals surface area (Å²) in [4.78, 5) is 13.6. The van der Waals surface area contributed by atoms with Crippen LogP contribution in [-0.2, 0) is 14.8 Å².